The molecule has 14 nitrogen and oxygen atoms in total. The van der Waals surface area contributed by atoms with Crippen molar-refractivity contribution in [3.8, 4) is 17.1 Å². The largest absolute Gasteiger partial charge is 0.457 e. The van der Waals surface area contributed by atoms with Gasteiger partial charge in [0.05, 0.1) is 88.3 Å². The molecular formula is C111H106N6O8. The number of nitrogens with zero attached hydrogens (tertiary/aromatic N) is 6. The predicted molar refractivity (Wildman–Crippen MR) is 518 cm³/mol. The third-order valence-electron chi connectivity index (χ3n) is 26.5. The van der Waals surface area contributed by atoms with E-state index in [0.717, 1.165) is 111 Å². The van der Waals surface area contributed by atoms with Crippen molar-refractivity contribution < 1.29 is 35.3 Å². The Bertz CT molecular complexity index is 7870. The molecule has 24 rings (SSSR count). The minimum atomic E-state index is 0.640. The molecule has 0 saturated heterocycles. The van der Waals surface area contributed by atoms with Crippen LogP contribution in [0.15, 0.2) is 260 Å². The Kier molecular flexibility index (Phi) is 20.9. The van der Waals surface area contributed by atoms with Crippen molar-refractivity contribution in [1.29, 1.82) is 0 Å². The summed E-state index contributed by atoms with van der Waals surface area (Å²) in [5.41, 5.74) is 43.4. The van der Waals surface area contributed by atoms with E-state index in [1.54, 1.807) is 0 Å². The summed E-state index contributed by atoms with van der Waals surface area (Å²) in [6, 6.07) is 77.6. The van der Waals surface area contributed by atoms with E-state index < -0.39 is 0 Å². The van der Waals surface area contributed by atoms with Crippen molar-refractivity contribution in [2.24, 2.45) is 21.1 Å². The third kappa shape index (κ3) is 13.4. The predicted octanol–water partition coefficient (Wildman–Crippen LogP) is 31.3. The number of hydrogen-bond donors (Lipinski definition) is 0. The zero-order valence-electron chi connectivity index (χ0n) is 75.8. The Morgan fingerprint density at radius 1 is 0.192 bits per heavy atom. The zero-order valence-corrected chi connectivity index (χ0v) is 75.8. The Labute approximate surface area is 726 Å². The Hall–Kier alpha value is -14.2. The molecule has 0 aliphatic rings. The monoisotopic (exact) mass is 1650 g/mol. The van der Waals surface area contributed by atoms with Crippen LogP contribution >= 0.6 is 0 Å². The Morgan fingerprint density at radius 2 is 0.480 bits per heavy atom. The maximum Gasteiger partial charge on any atom is 0.298 e. The number of aromatic nitrogens is 6. The van der Waals surface area contributed by atoms with Crippen LogP contribution in [-0.4, -0.2) is 27.4 Å². The van der Waals surface area contributed by atoms with E-state index in [2.05, 4.69) is 285 Å². The molecule has 0 bridgehead atoms. The van der Waals surface area contributed by atoms with Crippen LogP contribution in [0.3, 0.4) is 0 Å². The first-order valence-corrected chi connectivity index (χ1v) is 43.0. The van der Waals surface area contributed by atoms with Crippen LogP contribution < -0.4 is 0 Å². The fourth-order valence-electron chi connectivity index (χ4n) is 19.0. The molecule has 24 aromatic rings. The van der Waals surface area contributed by atoms with Crippen molar-refractivity contribution in [2.45, 2.75) is 138 Å². The summed E-state index contributed by atoms with van der Waals surface area (Å²) in [4.78, 5) is 0. The smallest absolute Gasteiger partial charge is 0.298 e. The molecule has 0 spiro atoms. The quantitative estimate of drug-likeness (QED) is 0.171. The van der Waals surface area contributed by atoms with Crippen LogP contribution in [-0.2, 0) is 21.1 Å². The normalized spacial score (nSPS) is 11.6. The number of hydrogen-bond acceptors (Lipinski definition) is 8. The fraction of sp³-hybridized carbons (Fsp3) is 0.207. The number of furan rings is 8. The summed E-state index contributed by atoms with van der Waals surface area (Å²) < 4.78 is 59.3. The Balaban J connectivity index is 0.000000100. The van der Waals surface area contributed by atoms with Gasteiger partial charge in [0.2, 0.25) is 0 Å². The van der Waals surface area contributed by atoms with Crippen molar-refractivity contribution in [3.63, 3.8) is 0 Å². The molecule has 0 radical (unpaired) electrons. The van der Waals surface area contributed by atoms with Crippen LogP contribution in [0.5, 0.6) is 0 Å². The molecule has 0 aliphatic carbocycles. The van der Waals surface area contributed by atoms with Crippen molar-refractivity contribution in [1.82, 2.24) is 27.4 Å². The van der Waals surface area contributed by atoms with Gasteiger partial charge in [0.1, 0.15) is 45.4 Å². The van der Waals surface area contributed by atoms with Crippen molar-refractivity contribution >= 4 is 154 Å². The first kappa shape index (κ1) is 81.7. The molecule has 0 unspecified atom stereocenters. The van der Waals surface area contributed by atoms with Gasteiger partial charge < -0.3 is 62.7 Å². The van der Waals surface area contributed by atoms with E-state index in [-0.39, 0.29) is 0 Å². The van der Waals surface area contributed by atoms with E-state index in [1.165, 1.54) is 161 Å². The maximum atomic E-state index is 5.71. The van der Waals surface area contributed by atoms with Gasteiger partial charge in [-0.2, -0.15) is 0 Å². The van der Waals surface area contributed by atoms with E-state index in [9.17, 15) is 0 Å². The molecule has 10 aromatic carbocycles. The second kappa shape index (κ2) is 31.9. The standard InChI is InChI=1S/3C21H22N2.4C12H10O2/c1-13-9-8-10-14(2)19(13)23-16(4)15(3)20-21(23)17-11-6-7-12-18(17)22(20)5;2*1-13-9-8-10-14(2)19(13)23-18-12-7-6-11-17(18)21-20(23)15(3)16(4)22(21)5;2*1-7-8(2)13-12-9-5-3-4-6-10(9)14-11(7)12;2*1-7-8(2)13-12-11(7)9-5-3-4-6-10(9)14-12/h3*6-12H,1-5H3;4*3-6H,1-2H3. The second-order valence-corrected chi connectivity index (χ2v) is 33.8. The topological polar surface area (TPSA) is 135 Å². The summed E-state index contributed by atoms with van der Waals surface area (Å²) in [6.45, 7) is 42.6. The first-order valence-electron chi connectivity index (χ1n) is 43.0. The van der Waals surface area contributed by atoms with Crippen molar-refractivity contribution in [2.75, 3.05) is 0 Å². The maximum absolute atomic E-state index is 5.71. The SMILES string of the molecule is Cc1cccc(C)c1-n1c(C)c(C)c2c1c1ccccc1n2C.Cc1cccc(C)c1-n1c2ccccc2c2c1c(C)c(C)n2C.Cc1cccc(C)c1-n1c2ccccc2c2c1c(C)c(C)n2C.Cc1oc2c(oc3ccccc32)c1C.Cc1oc2c(oc3ccccc32)c1C.Cc1oc2oc3ccccc3c2c1C.Cc1oc2oc3ccccc3c2c1C. The number of fused-ring (bicyclic) bond motifs is 21. The highest BCUT2D eigenvalue weighted by Crippen LogP contribution is 2.44. The van der Waals surface area contributed by atoms with E-state index in [1.807, 2.05) is 126 Å². The van der Waals surface area contributed by atoms with Gasteiger partial charge >= 0.3 is 0 Å². The lowest BCUT2D eigenvalue weighted by Gasteiger charge is -2.15. The molecule has 0 aliphatic heterocycles. The molecule has 14 aromatic heterocycles. The fourth-order valence-corrected chi connectivity index (χ4v) is 19.0. The number of benzene rings is 10. The van der Waals surface area contributed by atoms with E-state index in [4.69, 9.17) is 35.3 Å². The molecule has 14 heterocycles. The molecule has 0 saturated carbocycles. The van der Waals surface area contributed by atoms with Gasteiger partial charge in [-0.05, 0) is 243 Å². The summed E-state index contributed by atoms with van der Waals surface area (Å²) in [7, 11) is 6.52. The van der Waals surface area contributed by atoms with Gasteiger partial charge in [-0.25, -0.2) is 0 Å². The molecule has 0 N–H and O–H groups in total. The highest BCUT2D eigenvalue weighted by atomic mass is 16.5. The lowest BCUT2D eigenvalue weighted by molar-refractivity contribution is 0.478. The number of aryl methyl sites for hydroxylation is 20. The molecule has 0 amide bonds. The number of para-hydroxylation sites is 10. The summed E-state index contributed by atoms with van der Waals surface area (Å²) in [6.07, 6.45) is 0. The third-order valence-corrected chi connectivity index (χ3v) is 26.5. The molecule has 125 heavy (non-hydrogen) atoms. The molecule has 0 atom stereocenters. The average molecular weight is 1650 g/mol. The van der Waals surface area contributed by atoms with Gasteiger partial charge in [0, 0.05) is 87.4 Å². The summed E-state index contributed by atoms with van der Waals surface area (Å²) in [5, 5.41) is 10.6. The van der Waals surface area contributed by atoms with E-state index >= 15 is 0 Å². The first-order chi connectivity index (χ1) is 60.1. The second-order valence-electron chi connectivity index (χ2n) is 33.8. The van der Waals surface area contributed by atoms with Gasteiger partial charge in [-0.15, -0.1) is 0 Å². The van der Waals surface area contributed by atoms with E-state index in [0.29, 0.717) is 11.6 Å². The molecule has 0 fully saturated rings. The minimum absolute atomic E-state index is 0.640. The highest BCUT2D eigenvalue weighted by Gasteiger charge is 2.27. The van der Waals surface area contributed by atoms with Crippen molar-refractivity contribution in [3.05, 3.63) is 337 Å². The van der Waals surface area contributed by atoms with Crippen LogP contribution in [0.1, 0.15) is 112 Å². The van der Waals surface area contributed by atoms with Gasteiger partial charge in [0.15, 0.2) is 22.3 Å². The van der Waals surface area contributed by atoms with Crippen LogP contribution in [0.4, 0.5) is 0 Å². The van der Waals surface area contributed by atoms with Gasteiger partial charge in [-0.3, -0.25) is 0 Å². The van der Waals surface area contributed by atoms with Crippen LogP contribution in [0.2, 0.25) is 0 Å². The summed E-state index contributed by atoms with van der Waals surface area (Å²) in [5.74, 6) is 5.02. The minimum Gasteiger partial charge on any atom is -0.457 e. The van der Waals surface area contributed by atoms with Crippen LogP contribution in [0, 0.1) is 138 Å². The molecule has 628 valence electrons. The molecular weight excluding hydrogens is 1550 g/mol. The average Bonchev–Trinajstić information content (AvgIpc) is 1.56. The van der Waals surface area contributed by atoms with Gasteiger partial charge in [0.25, 0.3) is 11.6 Å². The molecule has 14 heteroatoms. The lowest BCUT2D eigenvalue weighted by Crippen LogP contribution is -2.02. The Morgan fingerprint density at radius 3 is 0.848 bits per heavy atom. The lowest BCUT2D eigenvalue weighted by atomic mass is 10.1. The van der Waals surface area contributed by atoms with Crippen LogP contribution in [0.25, 0.3) is 171 Å². The van der Waals surface area contributed by atoms with Gasteiger partial charge in [-0.1, -0.05) is 170 Å². The summed E-state index contributed by atoms with van der Waals surface area (Å²) >= 11 is 0. The number of rotatable bonds is 3. The zero-order chi connectivity index (χ0) is 87.7. The highest BCUT2D eigenvalue weighted by molar-refractivity contribution is 6.13.